The lowest BCUT2D eigenvalue weighted by atomic mass is 10.0. The molecule has 242 valence electrons. The molecule has 1 heteroatoms. The molecule has 0 amide bonds. The van der Waals surface area contributed by atoms with Crippen LogP contribution in [0.1, 0.15) is 233 Å². The molecule has 0 heterocycles. The Hall–Kier alpha value is -0.0400. The van der Waals surface area contributed by atoms with E-state index < -0.39 is 0 Å². The maximum Gasteiger partial charge on any atom is -0.00187 e. The Bertz CT molecular complexity index is 411. The minimum Gasteiger partial charge on any atom is -0.303 e. The molecule has 0 radical (unpaired) electrons. The van der Waals surface area contributed by atoms with E-state index in [2.05, 4.69) is 25.7 Å². The van der Waals surface area contributed by atoms with Crippen LogP contribution >= 0.6 is 0 Å². The topological polar surface area (TPSA) is 3.24 Å². The fraction of sp³-hybridized carbons (Fsp3) is 1.00. The maximum absolute atomic E-state index is 2.73. The Morgan fingerprint density at radius 1 is 0.200 bits per heavy atom. The van der Waals surface area contributed by atoms with E-state index in [1.165, 1.54) is 232 Å². The molecule has 0 atom stereocenters. The van der Waals surface area contributed by atoms with Gasteiger partial charge in [0.1, 0.15) is 0 Å². The van der Waals surface area contributed by atoms with Crippen LogP contribution in [-0.4, -0.2) is 24.5 Å². The van der Waals surface area contributed by atoms with Crippen molar-refractivity contribution in [3.05, 3.63) is 0 Å². The standard InChI is InChI=1S/C39H81N/c1-4-7-10-11-12-13-14-15-16-17-18-19-20-21-22-23-24-25-26-27-28-29-30-31-32-33-34-35-36-39-40(37-8-5-2)38-9-6-3/h4-39H2,1-3H3. The number of rotatable bonds is 36. The average Bonchev–Trinajstić information content (AvgIpc) is 2.97. The lowest BCUT2D eigenvalue weighted by molar-refractivity contribution is 0.259. The third kappa shape index (κ3) is 34.2. The van der Waals surface area contributed by atoms with Gasteiger partial charge >= 0.3 is 0 Å². The summed E-state index contributed by atoms with van der Waals surface area (Å²) in [5.74, 6) is 0. The summed E-state index contributed by atoms with van der Waals surface area (Å²) in [5, 5.41) is 0. The maximum atomic E-state index is 2.73. The van der Waals surface area contributed by atoms with Gasteiger partial charge in [0, 0.05) is 0 Å². The molecule has 0 aliphatic carbocycles. The van der Waals surface area contributed by atoms with Gasteiger partial charge in [-0.05, 0) is 38.9 Å². The normalized spacial score (nSPS) is 11.7. The zero-order valence-electron chi connectivity index (χ0n) is 28.9. The number of hydrogen-bond donors (Lipinski definition) is 0. The van der Waals surface area contributed by atoms with Crippen LogP contribution in [0.4, 0.5) is 0 Å². The molecule has 0 saturated heterocycles. The third-order valence-corrected chi connectivity index (χ3v) is 9.23. The van der Waals surface area contributed by atoms with Crippen LogP contribution in [0.2, 0.25) is 0 Å². The molecule has 40 heavy (non-hydrogen) atoms. The van der Waals surface area contributed by atoms with Crippen molar-refractivity contribution in [2.45, 2.75) is 233 Å². The van der Waals surface area contributed by atoms with Crippen molar-refractivity contribution >= 4 is 0 Å². The zero-order valence-corrected chi connectivity index (χ0v) is 28.9. The summed E-state index contributed by atoms with van der Waals surface area (Å²) in [7, 11) is 0. The number of hydrogen-bond acceptors (Lipinski definition) is 1. The van der Waals surface area contributed by atoms with Crippen LogP contribution in [0.3, 0.4) is 0 Å². The van der Waals surface area contributed by atoms with Gasteiger partial charge in [-0.25, -0.2) is 0 Å². The molecule has 0 aliphatic rings. The van der Waals surface area contributed by atoms with Gasteiger partial charge in [0.2, 0.25) is 0 Å². The number of unbranched alkanes of at least 4 members (excludes halogenated alkanes) is 30. The van der Waals surface area contributed by atoms with Gasteiger partial charge < -0.3 is 4.90 Å². The predicted molar refractivity (Wildman–Crippen MR) is 186 cm³/mol. The second-order valence-electron chi connectivity index (χ2n) is 13.4. The van der Waals surface area contributed by atoms with E-state index in [1.807, 2.05) is 0 Å². The van der Waals surface area contributed by atoms with E-state index in [0.29, 0.717) is 0 Å². The van der Waals surface area contributed by atoms with Crippen molar-refractivity contribution in [3.8, 4) is 0 Å². The molecule has 0 aromatic rings. The molecule has 0 N–H and O–H groups in total. The molecule has 0 fully saturated rings. The van der Waals surface area contributed by atoms with Gasteiger partial charge in [0.05, 0.1) is 0 Å². The van der Waals surface area contributed by atoms with Gasteiger partial charge in [0.15, 0.2) is 0 Å². The second-order valence-corrected chi connectivity index (χ2v) is 13.4. The first kappa shape index (κ1) is 40.0. The highest BCUT2D eigenvalue weighted by Gasteiger charge is 2.03. The van der Waals surface area contributed by atoms with Gasteiger partial charge in [0.25, 0.3) is 0 Å². The van der Waals surface area contributed by atoms with Gasteiger partial charge in [-0.15, -0.1) is 0 Å². The Labute approximate surface area is 256 Å². The second kappa shape index (κ2) is 37.0. The van der Waals surface area contributed by atoms with Crippen LogP contribution in [0, 0.1) is 0 Å². The fourth-order valence-electron chi connectivity index (χ4n) is 6.28. The molecule has 1 nitrogen and oxygen atoms in total. The average molecular weight is 564 g/mol. The van der Waals surface area contributed by atoms with Crippen molar-refractivity contribution in [1.82, 2.24) is 4.90 Å². The summed E-state index contributed by atoms with van der Waals surface area (Å²) < 4.78 is 0. The Morgan fingerprint density at radius 3 is 0.600 bits per heavy atom. The van der Waals surface area contributed by atoms with E-state index in [4.69, 9.17) is 0 Å². The van der Waals surface area contributed by atoms with Crippen LogP contribution in [0.5, 0.6) is 0 Å². The first-order valence-corrected chi connectivity index (χ1v) is 19.6. The highest BCUT2D eigenvalue weighted by Crippen LogP contribution is 2.16. The van der Waals surface area contributed by atoms with Crippen LogP contribution < -0.4 is 0 Å². The molecule has 0 rings (SSSR count). The predicted octanol–water partition coefficient (Wildman–Crippen LogP) is 14.2. The summed E-state index contributed by atoms with van der Waals surface area (Å²) in [4.78, 5) is 2.73. The molecule has 0 aliphatic heterocycles. The largest absolute Gasteiger partial charge is 0.303 e. The van der Waals surface area contributed by atoms with Gasteiger partial charge in [-0.1, -0.05) is 213 Å². The molecule has 0 aromatic heterocycles. The van der Waals surface area contributed by atoms with E-state index in [9.17, 15) is 0 Å². The molecular formula is C39H81N. The molecule has 0 unspecified atom stereocenters. The minimum atomic E-state index is 1.33. The van der Waals surface area contributed by atoms with Crippen LogP contribution in [0.25, 0.3) is 0 Å². The smallest absolute Gasteiger partial charge is 0.00187 e. The van der Waals surface area contributed by atoms with Crippen molar-refractivity contribution in [1.29, 1.82) is 0 Å². The van der Waals surface area contributed by atoms with E-state index in [0.717, 1.165) is 0 Å². The molecular weight excluding hydrogens is 482 g/mol. The SMILES string of the molecule is CCCCCCCCCCCCCCCCCCCCCCCCCCCCCCCN(CCCC)CCCC. The first-order chi connectivity index (χ1) is 19.8. The highest BCUT2D eigenvalue weighted by molar-refractivity contribution is 4.59. The zero-order chi connectivity index (χ0) is 29.0. The summed E-state index contributed by atoms with van der Waals surface area (Å²) in [6.07, 6.45) is 48.3. The van der Waals surface area contributed by atoms with Crippen LogP contribution in [0.15, 0.2) is 0 Å². The summed E-state index contributed by atoms with van der Waals surface area (Å²) in [5.41, 5.74) is 0. The third-order valence-electron chi connectivity index (χ3n) is 9.23. The minimum absolute atomic E-state index is 1.33. The van der Waals surface area contributed by atoms with Crippen molar-refractivity contribution in [3.63, 3.8) is 0 Å². The summed E-state index contributed by atoms with van der Waals surface area (Å²) >= 11 is 0. The lowest BCUT2D eigenvalue weighted by Gasteiger charge is -2.21. The monoisotopic (exact) mass is 564 g/mol. The van der Waals surface area contributed by atoms with Gasteiger partial charge in [-0.3, -0.25) is 0 Å². The Morgan fingerprint density at radius 2 is 0.375 bits per heavy atom. The summed E-state index contributed by atoms with van der Waals surface area (Å²) in [6.45, 7) is 11.0. The first-order valence-electron chi connectivity index (χ1n) is 19.6. The quantitative estimate of drug-likeness (QED) is 0.0685. The summed E-state index contributed by atoms with van der Waals surface area (Å²) in [6, 6.07) is 0. The Balaban J connectivity index is 3.15. The van der Waals surface area contributed by atoms with E-state index in [-0.39, 0.29) is 0 Å². The Kier molecular flexibility index (Phi) is 36.9. The number of nitrogens with zero attached hydrogens (tertiary/aromatic N) is 1. The van der Waals surface area contributed by atoms with Crippen molar-refractivity contribution in [2.75, 3.05) is 19.6 Å². The van der Waals surface area contributed by atoms with Crippen molar-refractivity contribution in [2.24, 2.45) is 0 Å². The highest BCUT2D eigenvalue weighted by atomic mass is 15.1. The van der Waals surface area contributed by atoms with Crippen molar-refractivity contribution < 1.29 is 0 Å². The molecule has 0 saturated carbocycles. The molecule has 0 aromatic carbocycles. The van der Waals surface area contributed by atoms with E-state index in [1.54, 1.807) is 0 Å². The fourth-order valence-corrected chi connectivity index (χ4v) is 6.28. The van der Waals surface area contributed by atoms with Gasteiger partial charge in [-0.2, -0.15) is 0 Å². The molecule has 0 bridgehead atoms. The van der Waals surface area contributed by atoms with E-state index >= 15 is 0 Å². The van der Waals surface area contributed by atoms with Crippen LogP contribution in [-0.2, 0) is 0 Å². The molecule has 0 spiro atoms. The lowest BCUT2D eigenvalue weighted by Crippen LogP contribution is -2.27.